The van der Waals surface area contributed by atoms with Gasteiger partial charge in [0.2, 0.25) is 5.71 Å². The lowest BCUT2D eigenvalue weighted by Crippen LogP contribution is -2.44. The molecule has 1 atom stereocenters. The van der Waals surface area contributed by atoms with Crippen molar-refractivity contribution in [3.8, 4) is 0 Å². The van der Waals surface area contributed by atoms with Crippen LogP contribution in [0.25, 0.3) is 11.1 Å². The number of nitrogens with zero attached hydrogens (tertiary/aromatic N) is 3. The summed E-state index contributed by atoms with van der Waals surface area (Å²) in [6.45, 7) is 8.94. The Hall–Kier alpha value is -3.23. The van der Waals surface area contributed by atoms with Gasteiger partial charge in [0.25, 0.3) is 11.5 Å². The zero-order chi connectivity index (χ0) is 21.8. The fourth-order valence-corrected chi connectivity index (χ4v) is 3.98. The van der Waals surface area contributed by atoms with Crippen molar-refractivity contribution in [2.75, 3.05) is 32.8 Å². The first-order valence-electron chi connectivity index (χ1n) is 10.3. The number of hydrogen-bond donors (Lipinski definition) is 1. The van der Waals surface area contributed by atoms with Crippen LogP contribution in [0.3, 0.4) is 0 Å². The molecule has 8 heteroatoms. The third-order valence-corrected chi connectivity index (χ3v) is 5.53. The van der Waals surface area contributed by atoms with Gasteiger partial charge in [0, 0.05) is 26.2 Å². The van der Waals surface area contributed by atoms with E-state index in [0.29, 0.717) is 32.1 Å². The number of furan rings is 1. The van der Waals surface area contributed by atoms with Crippen molar-refractivity contribution < 1.29 is 13.9 Å². The Bertz CT molecular complexity index is 1130. The molecule has 3 aromatic rings. The van der Waals surface area contributed by atoms with E-state index in [9.17, 15) is 9.59 Å². The van der Waals surface area contributed by atoms with Crippen LogP contribution in [0.1, 0.15) is 27.7 Å². The molecule has 0 saturated carbocycles. The Labute approximate surface area is 180 Å². The lowest BCUT2D eigenvalue weighted by molar-refractivity contribution is 0.0162. The van der Waals surface area contributed by atoms with Gasteiger partial charge in [-0.05, 0) is 12.5 Å². The minimum Gasteiger partial charge on any atom is -0.442 e. The van der Waals surface area contributed by atoms with Gasteiger partial charge in [0.1, 0.15) is 17.5 Å². The molecule has 3 heterocycles. The van der Waals surface area contributed by atoms with Crippen molar-refractivity contribution in [3.05, 3.63) is 76.6 Å². The highest BCUT2D eigenvalue weighted by Gasteiger charge is 2.26. The predicted molar refractivity (Wildman–Crippen MR) is 117 cm³/mol. The average Bonchev–Trinajstić information content (AvgIpc) is 3.14. The van der Waals surface area contributed by atoms with Crippen LogP contribution in [0, 0.1) is 6.92 Å². The number of allylic oxidation sites excluding steroid dienone is 1. The van der Waals surface area contributed by atoms with Crippen LogP contribution < -0.4 is 10.9 Å². The van der Waals surface area contributed by atoms with E-state index in [-0.39, 0.29) is 34.2 Å². The van der Waals surface area contributed by atoms with E-state index in [1.807, 2.05) is 18.2 Å². The summed E-state index contributed by atoms with van der Waals surface area (Å²) in [5.41, 5.74) is 1.20. The first kappa shape index (κ1) is 21.0. The van der Waals surface area contributed by atoms with E-state index in [1.54, 1.807) is 13.0 Å². The molecule has 31 heavy (non-hydrogen) atoms. The zero-order valence-electron chi connectivity index (χ0n) is 17.5. The molecule has 0 aliphatic carbocycles. The van der Waals surface area contributed by atoms with Crippen LogP contribution in [0.2, 0.25) is 0 Å². The number of carbonyl (C=O) groups excluding carboxylic acids is 1. The van der Waals surface area contributed by atoms with Crippen molar-refractivity contribution in [2.45, 2.75) is 19.5 Å². The standard InChI is InChI=1S/C23H26N4O4/c1-3-9-27-15-25-22-20(23(27)29)19(16(2)31-22)21(28)24-14-18(17-7-5-4-6-8-17)26-10-12-30-13-11-26/h3-8,15,18H,1,9-14H2,2H3,(H,24,28). The highest BCUT2D eigenvalue weighted by Crippen LogP contribution is 2.23. The Morgan fingerprint density at radius 2 is 2.03 bits per heavy atom. The monoisotopic (exact) mass is 422 g/mol. The maximum absolute atomic E-state index is 13.2. The molecule has 1 aliphatic rings. The minimum absolute atomic E-state index is 0.00284. The topological polar surface area (TPSA) is 89.6 Å². The molecule has 1 N–H and O–H groups in total. The zero-order valence-corrected chi connectivity index (χ0v) is 17.5. The molecule has 1 unspecified atom stereocenters. The first-order chi connectivity index (χ1) is 15.1. The molecule has 1 aliphatic heterocycles. The van der Waals surface area contributed by atoms with E-state index >= 15 is 0 Å². The summed E-state index contributed by atoms with van der Waals surface area (Å²) in [5, 5.41) is 3.21. The van der Waals surface area contributed by atoms with E-state index in [1.165, 1.54) is 10.9 Å². The number of carbonyl (C=O) groups is 1. The molecule has 0 bridgehead atoms. The average molecular weight is 422 g/mol. The summed E-state index contributed by atoms with van der Waals surface area (Å²) >= 11 is 0. The molecule has 1 aromatic carbocycles. The van der Waals surface area contributed by atoms with Gasteiger partial charge in [-0.25, -0.2) is 4.98 Å². The number of ether oxygens (including phenoxy) is 1. The van der Waals surface area contributed by atoms with Gasteiger partial charge in [0.15, 0.2) is 0 Å². The first-order valence-corrected chi connectivity index (χ1v) is 10.3. The summed E-state index contributed by atoms with van der Waals surface area (Å²) in [6, 6.07) is 10.1. The van der Waals surface area contributed by atoms with Gasteiger partial charge in [-0.2, -0.15) is 0 Å². The van der Waals surface area contributed by atoms with Gasteiger partial charge in [0.05, 0.1) is 24.8 Å². The molecule has 8 nitrogen and oxygen atoms in total. The van der Waals surface area contributed by atoms with Gasteiger partial charge >= 0.3 is 0 Å². The van der Waals surface area contributed by atoms with E-state index in [2.05, 4.69) is 33.9 Å². The molecular weight excluding hydrogens is 396 g/mol. The second kappa shape index (κ2) is 9.28. The third kappa shape index (κ3) is 4.30. The number of fused-ring (bicyclic) bond motifs is 1. The number of morpholine rings is 1. The Balaban J connectivity index is 1.61. The number of nitrogens with one attached hydrogen (secondary N) is 1. The Morgan fingerprint density at radius 3 is 2.74 bits per heavy atom. The summed E-state index contributed by atoms with van der Waals surface area (Å²) in [4.78, 5) is 32.5. The predicted octanol–water partition coefficient (Wildman–Crippen LogP) is 2.29. The second-order valence-electron chi connectivity index (χ2n) is 7.49. The molecule has 1 amide bonds. The molecule has 0 radical (unpaired) electrons. The van der Waals surface area contributed by atoms with Crippen LogP contribution in [0.5, 0.6) is 0 Å². The normalized spacial score (nSPS) is 15.6. The lowest BCUT2D eigenvalue weighted by Gasteiger charge is -2.34. The number of amides is 1. The maximum Gasteiger partial charge on any atom is 0.265 e. The number of aryl methyl sites for hydroxylation is 1. The number of aromatic nitrogens is 2. The number of rotatable bonds is 7. The maximum atomic E-state index is 13.2. The molecular formula is C23H26N4O4. The molecule has 1 fully saturated rings. The molecule has 162 valence electrons. The number of hydrogen-bond acceptors (Lipinski definition) is 6. The fraction of sp³-hybridized carbons (Fsp3) is 0.348. The van der Waals surface area contributed by atoms with Crippen LogP contribution in [0.15, 0.2) is 58.5 Å². The number of benzene rings is 1. The van der Waals surface area contributed by atoms with Crippen molar-refractivity contribution in [1.82, 2.24) is 19.8 Å². The van der Waals surface area contributed by atoms with Crippen LogP contribution in [-0.4, -0.2) is 53.2 Å². The lowest BCUT2D eigenvalue weighted by atomic mass is 10.0. The third-order valence-electron chi connectivity index (χ3n) is 5.53. The van der Waals surface area contributed by atoms with E-state index in [0.717, 1.165) is 18.7 Å². The Morgan fingerprint density at radius 1 is 1.29 bits per heavy atom. The van der Waals surface area contributed by atoms with Crippen LogP contribution in [0.4, 0.5) is 0 Å². The summed E-state index contributed by atoms with van der Waals surface area (Å²) < 4.78 is 12.5. The van der Waals surface area contributed by atoms with Crippen molar-refractivity contribution in [2.24, 2.45) is 0 Å². The summed E-state index contributed by atoms with van der Waals surface area (Å²) in [5.74, 6) is 0.0248. The van der Waals surface area contributed by atoms with Gasteiger partial charge in [-0.3, -0.25) is 19.1 Å². The van der Waals surface area contributed by atoms with Crippen molar-refractivity contribution >= 4 is 17.0 Å². The van der Waals surface area contributed by atoms with Crippen LogP contribution in [-0.2, 0) is 11.3 Å². The molecule has 2 aromatic heterocycles. The SMILES string of the molecule is C=CCn1cnc2oc(C)c(C(=O)NCC(c3ccccc3)N3CCOCC3)c2c1=O. The van der Waals surface area contributed by atoms with Gasteiger partial charge in [-0.1, -0.05) is 36.4 Å². The highest BCUT2D eigenvalue weighted by molar-refractivity contribution is 6.06. The molecule has 0 spiro atoms. The van der Waals surface area contributed by atoms with Gasteiger partial charge in [-0.15, -0.1) is 6.58 Å². The van der Waals surface area contributed by atoms with Gasteiger partial charge < -0.3 is 14.5 Å². The largest absolute Gasteiger partial charge is 0.442 e. The minimum atomic E-state index is -0.347. The van der Waals surface area contributed by atoms with Crippen LogP contribution >= 0.6 is 0 Å². The van der Waals surface area contributed by atoms with Crippen molar-refractivity contribution in [1.29, 1.82) is 0 Å². The Kier molecular flexibility index (Phi) is 6.29. The summed E-state index contributed by atoms with van der Waals surface area (Å²) in [7, 11) is 0. The fourth-order valence-electron chi connectivity index (χ4n) is 3.98. The quantitative estimate of drug-likeness (QED) is 0.588. The highest BCUT2D eigenvalue weighted by atomic mass is 16.5. The molecule has 4 rings (SSSR count). The summed E-state index contributed by atoms with van der Waals surface area (Å²) in [6.07, 6.45) is 3.01. The molecule has 1 saturated heterocycles. The smallest absolute Gasteiger partial charge is 0.265 e. The second-order valence-corrected chi connectivity index (χ2v) is 7.49. The van der Waals surface area contributed by atoms with E-state index in [4.69, 9.17) is 9.15 Å². The van der Waals surface area contributed by atoms with Crippen molar-refractivity contribution in [3.63, 3.8) is 0 Å². The van der Waals surface area contributed by atoms with E-state index < -0.39 is 0 Å².